The maximum Gasteiger partial charge on any atom is 0.416 e. The van der Waals surface area contributed by atoms with Crippen molar-refractivity contribution in [1.82, 2.24) is 0 Å². The molecule has 2 heterocycles. The van der Waals surface area contributed by atoms with E-state index in [-0.39, 0.29) is 5.69 Å². The van der Waals surface area contributed by atoms with Crippen LogP contribution in [0.4, 0.5) is 24.5 Å². The highest BCUT2D eigenvalue weighted by atomic mass is 19.4. The number of amides is 1. The van der Waals surface area contributed by atoms with E-state index in [0.29, 0.717) is 37.8 Å². The average Bonchev–Trinajstić information content (AvgIpc) is 3.26. The quantitative estimate of drug-likeness (QED) is 0.547. The van der Waals surface area contributed by atoms with Crippen LogP contribution in [0.5, 0.6) is 0 Å². The van der Waals surface area contributed by atoms with Crippen molar-refractivity contribution in [2.45, 2.75) is 19.2 Å². The first-order valence-corrected chi connectivity index (χ1v) is 9.51. The highest BCUT2D eigenvalue weighted by molar-refractivity contribution is 5.99. The number of halogens is 3. The van der Waals surface area contributed by atoms with Crippen LogP contribution in [-0.2, 0) is 25.2 Å². The van der Waals surface area contributed by atoms with Gasteiger partial charge in [0.1, 0.15) is 5.76 Å². The first kappa shape index (κ1) is 22.4. The lowest BCUT2D eigenvalue weighted by Crippen LogP contribution is -2.37. The minimum Gasteiger partial charge on any atom is -0.465 e. The van der Waals surface area contributed by atoms with Gasteiger partial charge in [0.15, 0.2) is 6.10 Å². The predicted molar refractivity (Wildman–Crippen MR) is 106 cm³/mol. The fraction of sp³-hybridized carbons (Fsp3) is 0.333. The average molecular weight is 438 g/mol. The van der Waals surface area contributed by atoms with Crippen LogP contribution in [0.2, 0.25) is 0 Å². The third kappa shape index (κ3) is 6.11. The number of anilines is 2. The summed E-state index contributed by atoms with van der Waals surface area (Å²) in [5.41, 5.74) is -0.484. The van der Waals surface area contributed by atoms with Gasteiger partial charge in [0.05, 0.1) is 36.4 Å². The second-order valence-corrected chi connectivity index (χ2v) is 6.75. The molecule has 1 N–H and O–H groups in total. The van der Waals surface area contributed by atoms with Crippen molar-refractivity contribution >= 4 is 29.3 Å². The van der Waals surface area contributed by atoms with E-state index in [2.05, 4.69) is 5.32 Å². The van der Waals surface area contributed by atoms with Gasteiger partial charge in [-0.05, 0) is 43.3 Å². The van der Waals surface area contributed by atoms with E-state index in [1.165, 1.54) is 25.3 Å². The number of esters is 1. The third-order valence-corrected chi connectivity index (χ3v) is 4.52. The topological polar surface area (TPSA) is 81.0 Å². The molecular weight excluding hydrogens is 417 g/mol. The fourth-order valence-electron chi connectivity index (χ4n) is 2.93. The van der Waals surface area contributed by atoms with Gasteiger partial charge in [-0.3, -0.25) is 4.79 Å². The van der Waals surface area contributed by atoms with Crippen molar-refractivity contribution in [3.05, 3.63) is 54.0 Å². The van der Waals surface area contributed by atoms with Crippen molar-refractivity contribution in [1.29, 1.82) is 0 Å². The molecule has 2 aromatic rings. The largest absolute Gasteiger partial charge is 0.465 e. The molecule has 1 atom stereocenters. The first-order chi connectivity index (χ1) is 14.7. The summed E-state index contributed by atoms with van der Waals surface area (Å²) in [6.07, 6.45) is -1.91. The summed E-state index contributed by atoms with van der Waals surface area (Å²) in [5, 5.41) is 2.45. The molecule has 10 heteroatoms. The number of hydrogen-bond acceptors (Lipinski definition) is 6. The van der Waals surface area contributed by atoms with Crippen LogP contribution in [0.1, 0.15) is 18.2 Å². The standard InChI is InChI=1S/C21H21F3N2O5/c1-14(31-19(27)7-5-16-3-2-10-30-16)20(28)25-17-13-15(21(22,23)24)4-6-18(17)26-8-11-29-12-9-26/h2-7,10,13-14H,8-9,11-12H2,1H3,(H,25,28)/b7-5+. The molecule has 1 aliphatic heterocycles. The van der Waals surface area contributed by atoms with Crippen LogP contribution in [0.15, 0.2) is 47.1 Å². The molecule has 1 saturated heterocycles. The van der Waals surface area contributed by atoms with Gasteiger partial charge in [0.25, 0.3) is 5.91 Å². The van der Waals surface area contributed by atoms with Gasteiger partial charge in [-0.25, -0.2) is 4.79 Å². The molecule has 1 aliphatic rings. The van der Waals surface area contributed by atoms with Crippen LogP contribution in [-0.4, -0.2) is 44.3 Å². The Hall–Kier alpha value is -3.27. The predicted octanol–water partition coefficient (Wildman–Crippen LogP) is 3.72. The van der Waals surface area contributed by atoms with Gasteiger partial charge in [-0.2, -0.15) is 13.2 Å². The Labute approximate surface area is 176 Å². The van der Waals surface area contributed by atoms with Crippen molar-refractivity contribution in [3.63, 3.8) is 0 Å². The molecule has 1 aromatic heterocycles. The molecule has 0 aliphatic carbocycles. The summed E-state index contributed by atoms with van der Waals surface area (Å²) in [6.45, 7) is 3.11. The molecule has 3 rings (SSSR count). The number of morpholine rings is 1. The number of rotatable bonds is 6. The summed E-state index contributed by atoms with van der Waals surface area (Å²) >= 11 is 0. The van der Waals surface area contributed by atoms with Crippen molar-refractivity contribution in [2.75, 3.05) is 36.5 Å². The van der Waals surface area contributed by atoms with Crippen LogP contribution in [0.3, 0.4) is 0 Å². The number of furan rings is 1. The molecule has 0 saturated carbocycles. The molecule has 1 aromatic carbocycles. The summed E-state index contributed by atoms with van der Waals surface area (Å²) in [7, 11) is 0. The van der Waals surface area contributed by atoms with E-state index in [1.807, 2.05) is 4.90 Å². The second kappa shape index (κ2) is 9.69. The SMILES string of the molecule is CC(OC(=O)/C=C/c1ccco1)C(=O)Nc1cc(C(F)(F)F)ccc1N1CCOCC1. The van der Waals surface area contributed by atoms with Gasteiger partial charge < -0.3 is 24.1 Å². The second-order valence-electron chi connectivity index (χ2n) is 6.75. The maximum atomic E-state index is 13.2. The summed E-state index contributed by atoms with van der Waals surface area (Å²) < 4.78 is 54.9. The minimum atomic E-state index is -4.57. The summed E-state index contributed by atoms with van der Waals surface area (Å²) in [6, 6.07) is 6.41. The molecule has 0 bridgehead atoms. The van der Waals surface area contributed by atoms with Gasteiger partial charge >= 0.3 is 12.1 Å². The van der Waals surface area contributed by atoms with E-state index in [9.17, 15) is 22.8 Å². The minimum absolute atomic E-state index is 0.0178. The number of nitrogens with zero attached hydrogens (tertiary/aromatic N) is 1. The van der Waals surface area contributed by atoms with E-state index >= 15 is 0 Å². The van der Waals surface area contributed by atoms with Gasteiger partial charge in [0.2, 0.25) is 0 Å². The summed E-state index contributed by atoms with van der Waals surface area (Å²) in [4.78, 5) is 26.2. The number of hydrogen-bond donors (Lipinski definition) is 1. The van der Waals surface area contributed by atoms with Crippen molar-refractivity contribution < 1.29 is 36.7 Å². The Morgan fingerprint density at radius 2 is 1.97 bits per heavy atom. The van der Waals surface area contributed by atoms with Gasteiger partial charge in [-0.1, -0.05) is 0 Å². The lowest BCUT2D eigenvalue weighted by molar-refractivity contribution is -0.148. The highest BCUT2D eigenvalue weighted by Gasteiger charge is 2.32. The number of ether oxygens (including phenoxy) is 2. The highest BCUT2D eigenvalue weighted by Crippen LogP contribution is 2.35. The molecule has 1 amide bonds. The van der Waals surface area contributed by atoms with Crippen LogP contribution < -0.4 is 10.2 Å². The maximum absolute atomic E-state index is 13.2. The molecule has 0 radical (unpaired) electrons. The van der Waals surface area contributed by atoms with Crippen molar-refractivity contribution in [2.24, 2.45) is 0 Å². The monoisotopic (exact) mass is 438 g/mol. The number of alkyl halides is 3. The Balaban J connectivity index is 1.72. The summed E-state index contributed by atoms with van der Waals surface area (Å²) in [5.74, 6) is -1.13. The van der Waals surface area contributed by atoms with Gasteiger partial charge in [0, 0.05) is 19.2 Å². The van der Waals surface area contributed by atoms with E-state index < -0.39 is 29.7 Å². The van der Waals surface area contributed by atoms with Crippen LogP contribution >= 0.6 is 0 Å². The molecule has 1 fully saturated rings. The first-order valence-electron chi connectivity index (χ1n) is 9.51. The van der Waals surface area contributed by atoms with Crippen molar-refractivity contribution in [3.8, 4) is 0 Å². The molecule has 7 nitrogen and oxygen atoms in total. The van der Waals surface area contributed by atoms with Crippen LogP contribution in [0.25, 0.3) is 6.08 Å². The Kier molecular flexibility index (Phi) is 7.01. The Bertz CT molecular complexity index is 935. The van der Waals surface area contributed by atoms with E-state index in [4.69, 9.17) is 13.9 Å². The Morgan fingerprint density at radius 3 is 2.61 bits per heavy atom. The normalized spacial score (nSPS) is 15.7. The molecule has 0 spiro atoms. The molecule has 31 heavy (non-hydrogen) atoms. The number of carbonyl (C=O) groups excluding carboxylic acids is 2. The zero-order valence-electron chi connectivity index (χ0n) is 16.6. The van der Waals surface area contributed by atoms with Gasteiger partial charge in [-0.15, -0.1) is 0 Å². The zero-order chi connectivity index (χ0) is 22.4. The zero-order valence-corrected chi connectivity index (χ0v) is 16.6. The van der Waals surface area contributed by atoms with Crippen LogP contribution in [0, 0.1) is 0 Å². The number of nitrogens with one attached hydrogen (secondary N) is 1. The fourth-order valence-corrected chi connectivity index (χ4v) is 2.93. The lowest BCUT2D eigenvalue weighted by atomic mass is 10.1. The van der Waals surface area contributed by atoms with E-state index in [1.54, 1.807) is 12.1 Å². The molecule has 166 valence electrons. The van der Waals surface area contributed by atoms with E-state index in [0.717, 1.165) is 18.2 Å². The lowest BCUT2D eigenvalue weighted by Gasteiger charge is -2.31. The molecule has 1 unspecified atom stereocenters. The molecular formula is C21H21F3N2O5. The smallest absolute Gasteiger partial charge is 0.416 e. The number of carbonyl (C=O) groups is 2. The number of benzene rings is 1. The third-order valence-electron chi connectivity index (χ3n) is 4.52. The Morgan fingerprint density at radius 1 is 1.23 bits per heavy atom.